The van der Waals surface area contributed by atoms with Gasteiger partial charge in [-0.3, -0.25) is 0 Å². The summed E-state index contributed by atoms with van der Waals surface area (Å²) in [6, 6.07) is 25.3. The van der Waals surface area contributed by atoms with E-state index >= 15 is 0 Å². The second kappa shape index (κ2) is 6.89. The Morgan fingerprint density at radius 1 is 0.731 bits per heavy atom. The number of benzene rings is 4. The predicted octanol–water partition coefficient (Wildman–Crippen LogP) is 5.50. The Bertz CT molecular complexity index is 1220. The van der Waals surface area contributed by atoms with Crippen LogP contribution in [0.25, 0.3) is 34.2 Å². The van der Waals surface area contributed by atoms with E-state index in [1.54, 1.807) is 0 Å². The first kappa shape index (κ1) is 16.2. The quantitative estimate of drug-likeness (QED) is 0.487. The number of para-hydroxylation sites is 1. The molecule has 0 spiro atoms. The third-order valence-electron chi connectivity index (χ3n) is 4.70. The maximum atomic E-state index is 4.36. The summed E-state index contributed by atoms with van der Waals surface area (Å²) < 4.78 is 0. The molecule has 4 aromatic rings. The van der Waals surface area contributed by atoms with Crippen molar-refractivity contribution in [2.24, 2.45) is 0 Å². The fourth-order valence-corrected chi connectivity index (χ4v) is 3.44. The van der Waals surface area contributed by atoms with Gasteiger partial charge in [-0.25, -0.2) is 0 Å². The minimum absolute atomic E-state index is 1.08. The molecule has 0 aliphatic carbocycles. The molecule has 1 N–H and O–H groups in total. The lowest BCUT2D eigenvalue weighted by Crippen LogP contribution is -2.24. The van der Waals surface area contributed by atoms with E-state index in [-0.39, 0.29) is 0 Å². The molecule has 0 aliphatic rings. The van der Waals surface area contributed by atoms with Gasteiger partial charge in [0, 0.05) is 11.4 Å². The van der Waals surface area contributed by atoms with Crippen LogP contribution in [-0.4, -0.2) is 0 Å². The first-order valence-electron chi connectivity index (χ1n) is 8.86. The van der Waals surface area contributed by atoms with Gasteiger partial charge < -0.3 is 5.32 Å². The molecular weight excluding hydrogens is 314 g/mol. The molecule has 0 aromatic heterocycles. The second-order valence-corrected chi connectivity index (χ2v) is 6.38. The van der Waals surface area contributed by atoms with Gasteiger partial charge in [0.05, 0.1) is 0 Å². The van der Waals surface area contributed by atoms with E-state index in [2.05, 4.69) is 78.6 Å². The highest BCUT2D eigenvalue weighted by Gasteiger charge is 2.06. The molecule has 4 aromatic carbocycles. The van der Waals surface area contributed by atoms with Gasteiger partial charge in [-0.2, -0.15) is 0 Å². The molecule has 26 heavy (non-hydrogen) atoms. The van der Waals surface area contributed by atoms with Crippen LogP contribution in [-0.2, 0) is 0 Å². The summed E-state index contributed by atoms with van der Waals surface area (Å²) in [5, 5.41) is 10.7. The fraction of sp³-hybridized carbons (Fsp3) is 0.0400. The van der Waals surface area contributed by atoms with E-state index in [9.17, 15) is 0 Å². The molecule has 0 fully saturated rings. The lowest BCUT2D eigenvalue weighted by atomic mass is 9.97. The highest BCUT2D eigenvalue weighted by Crippen LogP contribution is 2.25. The molecule has 4 rings (SSSR count). The molecule has 0 saturated carbocycles. The molecule has 0 aliphatic heterocycles. The van der Waals surface area contributed by atoms with E-state index in [1.165, 1.54) is 26.8 Å². The van der Waals surface area contributed by atoms with Crippen LogP contribution in [0, 0.1) is 0 Å². The standard InChI is InChI=1S/C25H21N/c1-3-4-12-21-18(2)22-13-8-9-14-23(22)25-17-20(15-16-24(21)25)26-19-10-6-5-7-11-19/h3-17,26H,2H2,1H3/b4-3-,21-12+. The van der Waals surface area contributed by atoms with Gasteiger partial charge >= 0.3 is 0 Å². The molecule has 0 amide bonds. The summed E-state index contributed by atoms with van der Waals surface area (Å²) in [5.74, 6) is 0. The van der Waals surface area contributed by atoms with Crippen molar-refractivity contribution < 1.29 is 0 Å². The molecule has 0 saturated heterocycles. The normalized spacial score (nSPS) is 12.3. The second-order valence-electron chi connectivity index (χ2n) is 6.38. The van der Waals surface area contributed by atoms with Crippen molar-refractivity contribution in [3.63, 3.8) is 0 Å². The van der Waals surface area contributed by atoms with Gasteiger partial charge in [-0.05, 0) is 63.2 Å². The molecule has 0 atom stereocenters. The molecule has 0 bridgehead atoms. The van der Waals surface area contributed by atoms with E-state index in [4.69, 9.17) is 0 Å². The minimum Gasteiger partial charge on any atom is -0.356 e. The summed E-state index contributed by atoms with van der Waals surface area (Å²) in [4.78, 5) is 0. The van der Waals surface area contributed by atoms with Gasteiger partial charge in [0.2, 0.25) is 0 Å². The zero-order valence-electron chi connectivity index (χ0n) is 14.9. The summed E-state index contributed by atoms with van der Waals surface area (Å²) in [7, 11) is 0. The number of rotatable bonds is 3. The smallest absolute Gasteiger partial charge is 0.0390 e. The van der Waals surface area contributed by atoms with Crippen molar-refractivity contribution >= 4 is 45.6 Å². The maximum absolute atomic E-state index is 4.36. The van der Waals surface area contributed by atoms with Crippen LogP contribution in [0.15, 0.2) is 84.9 Å². The van der Waals surface area contributed by atoms with Gasteiger partial charge in [-0.15, -0.1) is 0 Å². The molecular formula is C25H21N. The van der Waals surface area contributed by atoms with Crippen LogP contribution in [0.5, 0.6) is 0 Å². The largest absolute Gasteiger partial charge is 0.356 e. The van der Waals surface area contributed by atoms with Crippen molar-refractivity contribution in [1.82, 2.24) is 0 Å². The van der Waals surface area contributed by atoms with Crippen LogP contribution >= 0.6 is 0 Å². The average molecular weight is 335 g/mol. The molecule has 0 unspecified atom stereocenters. The van der Waals surface area contributed by atoms with E-state index in [0.717, 1.165) is 16.6 Å². The Balaban J connectivity index is 2.01. The summed E-state index contributed by atoms with van der Waals surface area (Å²) in [6.45, 7) is 6.39. The number of anilines is 2. The molecule has 0 radical (unpaired) electrons. The van der Waals surface area contributed by atoms with E-state index in [0.29, 0.717) is 0 Å². The van der Waals surface area contributed by atoms with Gasteiger partial charge in [0.25, 0.3) is 0 Å². The molecule has 1 heteroatoms. The zero-order chi connectivity index (χ0) is 17.9. The number of hydrogen-bond acceptors (Lipinski definition) is 1. The first-order chi connectivity index (χ1) is 12.8. The van der Waals surface area contributed by atoms with Crippen LogP contribution in [0.4, 0.5) is 11.4 Å². The molecule has 1 nitrogen and oxygen atoms in total. The minimum atomic E-state index is 1.08. The van der Waals surface area contributed by atoms with Crippen LogP contribution < -0.4 is 15.8 Å². The van der Waals surface area contributed by atoms with Crippen molar-refractivity contribution in [1.29, 1.82) is 0 Å². The van der Waals surface area contributed by atoms with E-state index < -0.39 is 0 Å². The first-order valence-corrected chi connectivity index (χ1v) is 8.86. The highest BCUT2D eigenvalue weighted by atomic mass is 14.9. The van der Waals surface area contributed by atoms with E-state index in [1.807, 2.05) is 31.2 Å². The predicted molar refractivity (Wildman–Crippen MR) is 115 cm³/mol. The topological polar surface area (TPSA) is 12.0 Å². The third kappa shape index (κ3) is 2.89. The van der Waals surface area contributed by atoms with Crippen molar-refractivity contribution in [3.8, 4) is 0 Å². The summed E-state index contributed by atoms with van der Waals surface area (Å²) in [6.07, 6.45) is 6.28. The SMILES string of the molecule is C=c1/c(=C\C=C/C)c2ccc(Nc3ccccc3)cc2c2ccccc12. The number of allylic oxidation sites excluding steroid dienone is 2. The zero-order valence-corrected chi connectivity index (χ0v) is 14.9. The fourth-order valence-electron chi connectivity index (χ4n) is 3.44. The Hall–Kier alpha value is -3.32. The van der Waals surface area contributed by atoms with Gasteiger partial charge in [0.1, 0.15) is 0 Å². The third-order valence-corrected chi connectivity index (χ3v) is 4.70. The number of nitrogens with one attached hydrogen (secondary N) is 1. The van der Waals surface area contributed by atoms with Gasteiger partial charge in [0.15, 0.2) is 0 Å². The molecule has 126 valence electrons. The Kier molecular flexibility index (Phi) is 4.28. The number of hydrogen-bond donors (Lipinski definition) is 1. The van der Waals surface area contributed by atoms with Crippen molar-refractivity contribution in [3.05, 3.63) is 95.4 Å². The van der Waals surface area contributed by atoms with Gasteiger partial charge in [-0.1, -0.05) is 73.3 Å². The summed E-state index contributed by atoms with van der Waals surface area (Å²) in [5.41, 5.74) is 2.17. The average Bonchev–Trinajstić information content (AvgIpc) is 2.69. The monoisotopic (exact) mass is 335 g/mol. The summed E-state index contributed by atoms with van der Waals surface area (Å²) >= 11 is 0. The molecule has 0 heterocycles. The Morgan fingerprint density at radius 3 is 2.23 bits per heavy atom. The van der Waals surface area contributed by atoms with Crippen molar-refractivity contribution in [2.45, 2.75) is 6.92 Å². The van der Waals surface area contributed by atoms with Crippen molar-refractivity contribution in [2.75, 3.05) is 5.32 Å². The van der Waals surface area contributed by atoms with Crippen LogP contribution in [0.3, 0.4) is 0 Å². The maximum Gasteiger partial charge on any atom is 0.0390 e. The lowest BCUT2D eigenvalue weighted by molar-refractivity contribution is 1.56. The lowest BCUT2D eigenvalue weighted by Gasteiger charge is -2.11. The highest BCUT2D eigenvalue weighted by molar-refractivity contribution is 6.09. The number of fused-ring (bicyclic) bond motifs is 3. The van der Waals surface area contributed by atoms with Crippen LogP contribution in [0.2, 0.25) is 0 Å². The Labute approximate surface area is 153 Å². The van der Waals surface area contributed by atoms with Crippen LogP contribution in [0.1, 0.15) is 6.92 Å². The Morgan fingerprint density at radius 2 is 1.46 bits per heavy atom.